The molecular weight excluding hydrogens is 178 g/mol. The lowest BCUT2D eigenvalue weighted by molar-refractivity contribution is 0.155. The summed E-state index contributed by atoms with van der Waals surface area (Å²) >= 11 is 0. The molecule has 0 aromatic rings. The quantitative estimate of drug-likeness (QED) is 0.612. The van der Waals surface area contributed by atoms with E-state index in [1.165, 1.54) is 37.0 Å². The van der Waals surface area contributed by atoms with Crippen LogP contribution in [0.2, 0.25) is 0 Å². The normalized spacial score (nSPS) is 10.1. The van der Waals surface area contributed by atoms with Crippen molar-refractivity contribution in [2.45, 2.75) is 51.9 Å². The summed E-state index contributed by atoms with van der Waals surface area (Å²) in [6.07, 6.45) is 7.80. The zero-order chi connectivity index (χ0) is 10.8. The molecule has 84 valence electrons. The fourth-order valence-electron chi connectivity index (χ4n) is 1.40. The van der Waals surface area contributed by atoms with Gasteiger partial charge >= 0.3 is 6.09 Å². The van der Waals surface area contributed by atoms with E-state index in [0.717, 1.165) is 12.8 Å². The predicted octanol–water partition coefficient (Wildman–Crippen LogP) is 3.35. The largest absolute Gasteiger partial charge is 0.465 e. The maximum Gasteiger partial charge on any atom is 0.407 e. The van der Waals surface area contributed by atoms with Crippen molar-refractivity contribution in [2.75, 3.05) is 13.6 Å². The standard InChI is InChI=1S/C11H23NO2/c1-3-4-5-6-7-8-9-10-12(2)11(13)14/h3-10H2,1-2H3,(H,13,14). The van der Waals surface area contributed by atoms with Gasteiger partial charge in [0.25, 0.3) is 0 Å². The minimum atomic E-state index is -0.823. The summed E-state index contributed by atoms with van der Waals surface area (Å²) < 4.78 is 0. The number of carbonyl (C=O) groups is 1. The first-order chi connectivity index (χ1) is 6.68. The highest BCUT2D eigenvalue weighted by atomic mass is 16.4. The summed E-state index contributed by atoms with van der Waals surface area (Å²) in [6, 6.07) is 0. The van der Waals surface area contributed by atoms with Crippen LogP contribution >= 0.6 is 0 Å². The molecule has 0 aliphatic heterocycles. The van der Waals surface area contributed by atoms with E-state index in [0.29, 0.717) is 6.54 Å². The Morgan fingerprint density at radius 2 is 1.57 bits per heavy atom. The maximum absolute atomic E-state index is 10.4. The van der Waals surface area contributed by atoms with Gasteiger partial charge in [0, 0.05) is 13.6 Å². The average molecular weight is 201 g/mol. The van der Waals surface area contributed by atoms with Gasteiger partial charge in [-0.2, -0.15) is 0 Å². The smallest absolute Gasteiger partial charge is 0.407 e. The van der Waals surface area contributed by atoms with Crippen LogP contribution in [0.5, 0.6) is 0 Å². The average Bonchev–Trinajstić information content (AvgIpc) is 2.16. The molecule has 0 atom stereocenters. The molecule has 1 amide bonds. The van der Waals surface area contributed by atoms with E-state index < -0.39 is 6.09 Å². The molecule has 0 unspecified atom stereocenters. The number of unbranched alkanes of at least 4 members (excludes halogenated alkanes) is 6. The Labute approximate surface area is 87.1 Å². The molecule has 0 aliphatic rings. The molecule has 3 nitrogen and oxygen atoms in total. The van der Waals surface area contributed by atoms with Crippen LogP contribution in [0.4, 0.5) is 4.79 Å². The van der Waals surface area contributed by atoms with Gasteiger partial charge in [-0.05, 0) is 6.42 Å². The van der Waals surface area contributed by atoms with E-state index in [1.807, 2.05) is 0 Å². The number of hydrogen-bond donors (Lipinski definition) is 1. The third-order valence-corrected chi connectivity index (χ3v) is 2.42. The number of carboxylic acid groups (broad SMARTS) is 1. The molecule has 0 aromatic heterocycles. The lowest BCUT2D eigenvalue weighted by Gasteiger charge is -2.11. The Kier molecular flexibility index (Phi) is 8.39. The Bertz CT molecular complexity index is 148. The Balaban J connectivity index is 3.09. The van der Waals surface area contributed by atoms with Gasteiger partial charge in [-0.15, -0.1) is 0 Å². The second-order valence-electron chi connectivity index (χ2n) is 3.83. The van der Waals surface area contributed by atoms with Gasteiger partial charge in [-0.3, -0.25) is 0 Å². The van der Waals surface area contributed by atoms with E-state index in [9.17, 15) is 4.79 Å². The molecule has 0 rings (SSSR count). The van der Waals surface area contributed by atoms with Crippen LogP contribution in [0.1, 0.15) is 51.9 Å². The van der Waals surface area contributed by atoms with Crippen molar-refractivity contribution in [3.8, 4) is 0 Å². The highest BCUT2D eigenvalue weighted by Gasteiger charge is 2.03. The number of hydrogen-bond acceptors (Lipinski definition) is 1. The molecule has 1 N–H and O–H groups in total. The molecular formula is C11H23NO2. The van der Waals surface area contributed by atoms with Gasteiger partial charge in [0.15, 0.2) is 0 Å². The lowest BCUT2D eigenvalue weighted by Crippen LogP contribution is -2.25. The highest BCUT2D eigenvalue weighted by molar-refractivity contribution is 5.64. The van der Waals surface area contributed by atoms with Gasteiger partial charge in [-0.25, -0.2) is 4.79 Å². The first kappa shape index (κ1) is 13.3. The topological polar surface area (TPSA) is 40.5 Å². The second-order valence-corrected chi connectivity index (χ2v) is 3.83. The number of rotatable bonds is 8. The minimum absolute atomic E-state index is 0.670. The lowest BCUT2D eigenvalue weighted by atomic mass is 10.1. The second kappa shape index (κ2) is 8.85. The molecule has 0 spiro atoms. The molecule has 3 heteroatoms. The summed E-state index contributed by atoms with van der Waals surface area (Å²) in [7, 11) is 1.62. The molecule has 0 bridgehead atoms. The molecule has 0 heterocycles. The SMILES string of the molecule is CCCCCCCCCN(C)C(=O)O. The van der Waals surface area contributed by atoms with E-state index in [2.05, 4.69) is 6.92 Å². The summed E-state index contributed by atoms with van der Waals surface area (Å²) in [5.41, 5.74) is 0. The van der Waals surface area contributed by atoms with E-state index in [-0.39, 0.29) is 0 Å². The Hall–Kier alpha value is -0.730. The van der Waals surface area contributed by atoms with Crippen LogP contribution in [-0.2, 0) is 0 Å². The number of amides is 1. The zero-order valence-electron chi connectivity index (χ0n) is 9.46. The van der Waals surface area contributed by atoms with Crippen molar-refractivity contribution in [2.24, 2.45) is 0 Å². The fraction of sp³-hybridized carbons (Fsp3) is 0.909. The molecule has 0 saturated carbocycles. The van der Waals surface area contributed by atoms with Gasteiger partial charge in [-0.1, -0.05) is 45.4 Å². The monoisotopic (exact) mass is 201 g/mol. The van der Waals surface area contributed by atoms with E-state index >= 15 is 0 Å². The molecule has 0 aromatic carbocycles. The van der Waals surface area contributed by atoms with Crippen LogP contribution < -0.4 is 0 Å². The third-order valence-electron chi connectivity index (χ3n) is 2.42. The Morgan fingerprint density at radius 3 is 2.07 bits per heavy atom. The van der Waals surface area contributed by atoms with Crippen molar-refractivity contribution in [3.63, 3.8) is 0 Å². The van der Waals surface area contributed by atoms with Crippen molar-refractivity contribution in [1.29, 1.82) is 0 Å². The van der Waals surface area contributed by atoms with Gasteiger partial charge in [0.05, 0.1) is 0 Å². The van der Waals surface area contributed by atoms with Crippen molar-refractivity contribution >= 4 is 6.09 Å². The first-order valence-electron chi connectivity index (χ1n) is 5.62. The van der Waals surface area contributed by atoms with E-state index in [4.69, 9.17) is 5.11 Å². The van der Waals surface area contributed by atoms with Gasteiger partial charge in [0.2, 0.25) is 0 Å². The van der Waals surface area contributed by atoms with Gasteiger partial charge < -0.3 is 10.0 Å². The summed E-state index contributed by atoms with van der Waals surface area (Å²) in [5.74, 6) is 0. The first-order valence-corrected chi connectivity index (χ1v) is 5.62. The van der Waals surface area contributed by atoms with Crippen LogP contribution in [0.15, 0.2) is 0 Å². The third kappa shape index (κ3) is 7.90. The van der Waals surface area contributed by atoms with E-state index in [1.54, 1.807) is 7.05 Å². The van der Waals surface area contributed by atoms with Crippen molar-refractivity contribution in [1.82, 2.24) is 4.90 Å². The molecule has 0 fully saturated rings. The highest BCUT2D eigenvalue weighted by Crippen LogP contribution is 2.07. The van der Waals surface area contributed by atoms with Crippen LogP contribution in [0.3, 0.4) is 0 Å². The van der Waals surface area contributed by atoms with Crippen molar-refractivity contribution < 1.29 is 9.90 Å². The maximum atomic E-state index is 10.4. The zero-order valence-corrected chi connectivity index (χ0v) is 9.46. The van der Waals surface area contributed by atoms with Crippen LogP contribution in [-0.4, -0.2) is 29.7 Å². The summed E-state index contributed by atoms with van der Waals surface area (Å²) in [5, 5.41) is 8.58. The molecule has 14 heavy (non-hydrogen) atoms. The fourth-order valence-corrected chi connectivity index (χ4v) is 1.40. The summed E-state index contributed by atoms with van der Waals surface area (Å²) in [6.45, 7) is 2.88. The minimum Gasteiger partial charge on any atom is -0.465 e. The van der Waals surface area contributed by atoms with Gasteiger partial charge in [0.1, 0.15) is 0 Å². The van der Waals surface area contributed by atoms with Crippen molar-refractivity contribution in [3.05, 3.63) is 0 Å². The Morgan fingerprint density at radius 1 is 1.07 bits per heavy atom. The predicted molar refractivity (Wildman–Crippen MR) is 58.6 cm³/mol. The number of nitrogens with zero attached hydrogens (tertiary/aromatic N) is 1. The van der Waals surface area contributed by atoms with Crippen LogP contribution in [0.25, 0.3) is 0 Å². The molecule has 0 saturated heterocycles. The summed E-state index contributed by atoms with van der Waals surface area (Å²) in [4.78, 5) is 11.8. The molecule has 0 radical (unpaired) electrons. The molecule has 0 aliphatic carbocycles. The van der Waals surface area contributed by atoms with Crippen LogP contribution in [0, 0.1) is 0 Å².